The Balaban J connectivity index is 1.30. The molecule has 0 aliphatic rings. The van der Waals surface area contributed by atoms with E-state index >= 15 is 0 Å². The molecule has 8 nitrogen and oxygen atoms in total. The smallest absolute Gasteiger partial charge is 0.324 e. The zero-order valence-electron chi connectivity index (χ0n) is 19.1. The third-order valence-corrected chi connectivity index (χ3v) is 5.56. The predicted molar refractivity (Wildman–Crippen MR) is 138 cm³/mol. The minimum absolute atomic E-state index is 0.357. The Labute approximate surface area is 202 Å². The molecule has 5 rings (SSSR count). The molecular formula is C27H23N7O. The molecule has 35 heavy (non-hydrogen) atoms. The number of rotatable bonds is 5. The van der Waals surface area contributed by atoms with Gasteiger partial charge in [0.1, 0.15) is 0 Å². The second kappa shape index (κ2) is 9.56. The Morgan fingerprint density at radius 3 is 2.43 bits per heavy atom. The lowest BCUT2D eigenvalue weighted by Gasteiger charge is -2.13. The molecule has 0 unspecified atom stereocenters. The number of aromatic nitrogens is 4. The van der Waals surface area contributed by atoms with Crippen molar-refractivity contribution >= 4 is 34.3 Å². The molecule has 0 aliphatic heterocycles. The van der Waals surface area contributed by atoms with Gasteiger partial charge in [0, 0.05) is 23.4 Å². The van der Waals surface area contributed by atoms with Gasteiger partial charge >= 0.3 is 6.03 Å². The van der Waals surface area contributed by atoms with Crippen molar-refractivity contribution < 1.29 is 4.79 Å². The van der Waals surface area contributed by atoms with Crippen LogP contribution in [0, 0.1) is 6.92 Å². The van der Waals surface area contributed by atoms with Crippen LogP contribution in [0.2, 0.25) is 0 Å². The number of aryl methyl sites for hydroxylation is 1. The summed E-state index contributed by atoms with van der Waals surface area (Å²) < 4.78 is 0. The highest BCUT2D eigenvalue weighted by atomic mass is 16.2. The van der Waals surface area contributed by atoms with Crippen molar-refractivity contribution in [3.63, 3.8) is 0 Å². The molecule has 4 N–H and O–H groups in total. The maximum atomic E-state index is 12.7. The predicted octanol–water partition coefficient (Wildman–Crippen LogP) is 5.21. The first-order chi connectivity index (χ1) is 17.0. The summed E-state index contributed by atoms with van der Waals surface area (Å²) in [5.41, 5.74) is 13.0. The fourth-order valence-electron chi connectivity index (χ4n) is 3.77. The molecule has 0 saturated carbocycles. The molecule has 0 bridgehead atoms. The van der Waals surface area contributed by atoms with Crippen LogP contribution in [0.25, 0.3) is 22.3 Å². The Morgan fingerprint density at radius 2 is 1.63 bits per heavy atom. The van der Waals surface area contributed by atoms with Gasteiger partial charge in [0.2, 0.25) is 0 Å². The summed E-state index contributed by atoms with van der Waals surface area (Å²) in [5.74, 6) is 0.357. The van der Waals surface area contributed by atoms with E-state index in [1.807, 2.05) is 85.8 Å². The number of amides is 2. The number of anilines is 3. The van der Waals surface area contributed by atoms with Crippen molar-refractivity contribution in [1.29, 1.82) is 0 Å². The van der Waals surface area contributed by atoms with Gasteiger partial charge in [0.05, 0.1) is 28.1 Å². The summed E-state index contributed by atoms with van der Waals surface area (Å²) in [6.45, 7) is 1.92. The van der Waals surface area contributed by atoms with Gasteiger partial charge in [0.25, 0.3) is 0 Å². The minimum Gasteiger partial charge on any atom is -0.399 e. The van der Waals surface area contributed by atoms with Gasteiger partial charge in [-0.15, -0.1) is 10.2 Å². The second-order valence-corrected chi connectivity index (χ2v) is 8.09. The summed E-state index contributed by atoms with van der Waals surface area (Å²) in [6, 6.07) is 26.0. The molecule has 0 saturated heterocycles. The van der Waals surface area contributed by atoms with E-state index in [0.29, 0.717) is 23.6 Å². The molecule has 0 fully saturated rings. The van der Waals surface area contributed by atoms with E-state index < -0.39 is 6.03 Å². The largest absolute Gasteiger partial charge is 0.399 e. The normalized spacial score (nSPS) is 10.8. The summed E-state index contributed by atoms with van der Waals surface area (Å²) in [4.78, 5) is 22.1. The molecule has 0 spiro atoms. The molecule has 5 aromatic rings. The van der Waals surface area contributed by atoms with Crippen molar-refractivity contribution in [2.75, 3.05) is 16.4 Å². The summed E-state index contributed by atoms with van der Waals surface area (Å²) >= 11 is 0. The van der Waals surface area contributed by atoms with E-state index in [9.17, 15) is 4.79 Å². The first kappa shape index (κ1) is 22.0. The Kier molecular flexibility index (Phi) is 6.00. The molecule has 3 aromatic carbocycles. The fourth-order valence-corrected chi connectivity index (χ4v) is 3.77. The van der Waals surface area contributed by atoms with Crippen LogP contribution in [0.4, 0.5) is 22.0 Å². The number of nitrogen functional groups attached to an aromatic ring is 1. The van der Waals surface area contributed by atoms with Crippen LogP contribution in [0.1, 0.15) is 17.0 Å². The standard InChI is InChI=1S/C27H23N7O/c1-17-24(30-23-12-11-20(28)16-25(23)29-17)15-19-9-5-6-10-21(19)31-27(35)32-26-14-13-22(33-34-26)18-7-3-2-4-8-18/h2-14,16H,15,28H2,1H3,(H2,31,32,34,35). The average Bonchev–Trinajstić information content (AvgIpc) is 2.87. The van der Waals surface area contributed by atoms with Gasteiger partial charge in [0.15, 0.2) is 5.82 Å². The van der Waals surface area contributed by atoms with Crippen LogP contribution < -0.4 is 16.4 Å². The van der Waals surface area contributed by atoms with Gasteiger partial charge < -0.3 is 11.1 Å². The molecule has 0 radical (unpaired) electrons. The van der Waals surface area contributed by atoms with Gasteiger partial charge in [-0.3, -0.25) is 5.32 Å². The molecule has 2 amide bonds. The fraction of sp³-hybridized carbons (Fsp3) is 0.0741. The number of nitrogens with two attached hydrogens (primary N) is 1. The molecule has 0 atom stereocenters. The highest BCUT2D eigenvalue weighted by Gasteiger charge is 2.12. The van der Waals surface area contributed by atoms with E-state index in [0.717, 1.165) is 39.2 Å². The third kappa shape index (κ3) is 5.06. The van der Waals surface area contributed by atoms with E-state index in [1.54, 1.807) is 6.07 Å². The Hall–Kier alpha value is -4.85. The van der Waals surface area contributed by atoms with Crippen LogP contribution in [-0.2, 0) is 6.42 Å². The number of para-hydroxylation sites is 1. The molecule has 2 aromatic heterocycles. The van der Waals surface area contributed by atoms with E-state index in [1.165, 1.54) is 0 Å². The topological polar surface area (TPSA) is 119 Å². The number of nitrogens with zero attached hydrogens (tertiary/aromatic N) is 4. The quantitative estimate of drug-likeness (QED) is 0.309. The summed E-state index contributed by atoms with van der Waals surface area (Å²) in [5, 5.41) is 14.0. The molecule has 172 valence electrons. The Morgan fingerprint density at radius 1 is 0.829 bits per heavy atom. The van der Waals surface area contributed by atoms with Crippen LogP contribution in [-0.4, -0.2) is 26.2 Å². The number of nitrogens with one attached hydrogen (secondary N) is 2. The average molecular weight is 462 g/mol. The van der Waals surface area contributed by atoms with E-state index in [-0.39, 0.29) is 0 Å². The Bertz CT molecular complexity index is 1500. The maximum Gasteiger partial charge on any atom is 0.324 e. The number of carbonyl (C=O) groups excluding carboxylic acids is 1. The van der Waals surface area contributed by atoms with Crippen LogP contribution >= 0.6 is 0 Å². The van der Waals surface area contributed by atoms with Gasteiger partial charge in [-0.2, -0.15) is 0 Å². The number of fused-ring (bicyclic) bond motifs is 1. The zero-order chi connectivity index (χ0) is 24.2. The van der Waals surface area contributed by atoms with Gasteiger partial charge in [-0.1, -0.05) is 48.5 Å². The lowest BCUT2D eigenvalue weighted by Crippen LogP contribution is -2.21. The van der Waals surface area contributed by atoms with Gasteiger partial charge in [-0.05, 0) is 48.9 Å². The van der Waals surface area contributed by atoms with Crippen molar-refractivity contribution in [3.8, 4) is 11.3 Å². The SMILES string of the molecule is Cc1nc2cc(N)ccc2nc1Cc1ccccc1NC(=O)Nc1ccc(-c2ccccc2)nn1. The van der Waals surface area contributed by atoms with Crippen LogP contribution in [0.15, 0.2) is 84.9 Å². The highest BCUT2D eigenvalue weighted by molar-refractivity contribution is 5.99. The van der Waals surface area contributed by atoms with Crippen molar-refractivity contribution in [3.05, 3.63) is 102 Å². The number of urea groups is 1. The number of hydrogen-bond donors (Lipinski definition) is 3. The van der Waals surface area contributed by atoms with E-state index in [2.05, 4.69) is 25.8 Å². The van der Waals surface area contributed by atoms with Crippen molar-refractivity contribution in [1.82, 2.24) is 20.2 Å². The second-order valence-electron chi connectivity index (χ2n) is 8.09. The monoisotopic (exact) mass is 461 g/mol. The van der Waals surface area contributed by atoms with E-state index in [4.69, 9.17) is 10.7 Å². The van der Waals surface area contributed by atoms with Crippen LogP contribution in [0.5, 0.6) is 0 Å². The number of benzene rings is 3. The number of carbonyl (C=O) groups is 1. The summed E-state index contributed by atoms with van der Waals surface area (Å²) in [6.07, 6.45) is 0.515. The lowest BCUT2D eigenvalue weighted by atomic mass is 10.1. The molecule has 0 aliphatic carbocycles. The first-order valence-electron chi connectivity index (χ1n) is 11.1. The molecular weight excluding hydrogens is 438 g/mol. The number of hydrogen-bond acceptors (Lipinski definition) is 6. The first-order valence-corrected chi connectivity index (χ1v) is 11.1. The summed E-state index contributed by atoms with van der Waals surface area (Å²) in [7, 11) is 0. The lowest BCUT2D eigenvalue weighted by molar-refractivity contribution is 0.262. The zero-order valence-corrected chi connectivity index (χ0v) is 19.1. The van der Waals surface area contributed by atoms with Crippen LogP contribution in [0.3, 0.4) is 0 Å². The molecule has 2 heterocycles. The molecule has 8 heteroatoms. The van der Waals surface area contributed by atoms with Gasteiger partial charge in [-0.25, -0.2) is 14.8 Å². The van der Waals surface area contributed by atoms with Crippen molar-refractivity contribution in [2.24, 2.45) is 0 Å². The maximum absolute atomic E-state index is 12.7. The third-order valence-electron chi connectivity index (χ3n) is 5.56. The highest BCUT2D eigenvalue weighted by Crippen LogP contribution is 2.22. The van der Waals surface area contributed by atoms with Crippen molar-refractivity contribution in [2.45, 2.75) is 13.3 Å². The minimum atomic E-state index is -0.406.